The number of nitrogens with one attached hydrogen (secondary N) is 2. The van der Waals surface area contributed by atoms with Gasteiger partial charge in [-0.15, -0.1) is 0 Å². The van der Waals surface area contributed by atoms with Crippen molar-refractivity contribution in [1.29, 1.82) is 0 Å². The molecule has 0 saturated heterocycles. The first-order chi connectivity index (χ1) is 11.6. The average Bonchev–Trinajstić information content (AvgIpc) is 2.95. The van der Waals surface area contributed by atoms with E-state index in [0.717, 1.165) is 25.1 Å². The summed E-state index contributed by atoms with van der Waals surface area (Å²) in [7, 11) is 0. The van der Waals surface area contributed by atoms with Gasteiger partial charge in [-0.3, -0.25) is 0 Å². The second kappa shape index (κ2) is 5.83. The van der Waals surface area contributed by atoms with Gasteiger partial charge in [0.15, 0.2) is 5.11 Å². The monoisotopic (exact) mass is 337 g/mol. The fourth-order valence-corrected chi connectivity index (χ4v) is 3.57. The summed E-state index contributed by atoms with van der Waals surface area (Å²) in [5, 5.41) is 15.2. The Bertz CT molecular complexity index is 932. The lowest BCUT2D eigenvalue weighted by Crippen LogP contribution is -2.38. The third-order valence-corrected chi connectivity index (χ3v) is 4.93. The molecule has 3 N–H and O–H groups in total. The lowest BCUT2D eigenvalue weighted by molar-refractivity contribution is 0.395. The number of phenolic OH excluding ortho intramolecular Hbond substituents is 1. The van der Waals surface area contributed by atoms with E-state index in [0.29, 0.717) is 10.8 Å². The van der Waals surface area contributed by atoms with Gasteiger partial charge in [-0.25, -0.2) is 0 Å². The van der Waals surface area contributed by atoms with E-state index in [4.69, 9.17) is 12.2 Å². The smallest absolute Gasteiger partial charge is 0.173 e. The number of hydrogen-bond acceptors (Lipinski definition) is 2. The van der Waals surface area contributed by atoms with Gasteiger partial charge in [-0.05, 0) is 54.9 Å². The first-order valence-electron chi connectivity index (χ1n) is 8.06. The van der Waals surface area contributed by atoms with Gasteiger partial charge in [0, 0.05) is 23.1 Å². The van der Waals surface area contributed by atoms with Gasteiger partial charge in [0.05, 0.1) is 12.2 Å². The average molecular weight is 337 g/mol. The number of H-pyrrole nitrogens is 1. The van der Waals surface area contributed by atoms with Gasteiger partial charge in [0.25, 0.3) is 0 Å². The van der Waals surface area contributed by atoms with E-state index < -0.39 is 0 Å². The van der Waals surface area contributed by atoms with E-state index in [1.165, 1.54) is 22.2 Å². The van der Waals surface area contributed by atoms with Crippen LogP contribution >= 0.6 is 12.2 Å². The van der Waals surface area contributed by atoms with Crippen LogP contribution in [-0.4, -0.2) is 26.6 Å². The molecule has 3 aromatic rings. The number of para-hydroxylation sites is 1. The van der Waals surface area contributed by atoms with Gasteiger partial charge in [-0.2, -0.15) is 0 Å². The van der Waals surface area contributed by atoms with Crippen molar-refractivity contribution in [3.05, 3.63) is 59.3 Å². The van der Waals surface area contributed by atoms with Crippen LogP contribution < -0.4 is 5.32 Å². The predicted octanol–water partition coefficient (Wildman–Crippen LogP) is 3.94. The third-order valence-electron chi connectivity index (χ3n) is 4.56. The standard InChI is InChI=1S/C19H19N3OS/c1-12-6-7-16(18(23)10-12)21-19(24)22-9-8-14-13-4-2-3-5-15(13)20-17(14)11-22/h2-7,10,20,23H,8-9,11H2,1H3,(H,21,24). The Morgan fingerprint density at radius 3 is 2.92 bits per heavy atom. The highest BCUT2D eigenvalue weighted by molar-refractivity contribution is 7.80. The molecule has 4 nitrogen and oxygen atoms in total. The Balaban J connectivity index is 1.54. The van der Waals surface area contributed by atoms with Gasteiger partial charge < -0.3 is 20.3 Å². The molecular weight excluding hydrogens is 318 g/mol. The van der Waals surface area contributed by atoms with Crippen LogP contribution in [0.15, 0.2) is 42.5 Å². The fraction of sp³-hybridized carbons (Fsp3) is 0.211. The summed E-state index contributed by atoms with van der Waals surface area (Å²) in [6.07, 6.45) is 0.959. The summed E-state index contributed by atoms with van der Waals surface area (Å²) in [5.41, 5.74) is 5.46. The number of anilines is 1. The number of fused-ring (bicyclic) bond motifs is 3. The highest BCUT2D eigenvalue weighted by Gasteiger charge is 2.22. The number of rotatable bonds is 1. The minimum Gasteiger partial charge on any atom is -0.506 e. The predicted molar refractivity (Wildman–Crippen MR) is 101 cm³/mol. The van der Waals surface area contributed by atoms with E-state index in [1.54, 1.807) is 6.07 Å². The maximum Gasteiger partial charge on any atom is 0.173 e. The number of aromatic hydroxyl groups is 1. The van der Waals surface area contributed by atoms with Crippen molar-refractivity contribution in [2.24, 2.45) is 0 Å². The molecule has 0 aliphatic carbocycles. The molecule has 24 heavy (non-hydrogen) atoms. The van der Waals surface area contributed by atoms with Crippen LogP contribution in [-0.2, 0) is 13.0 Å². The first kappa shape index (κ1) is 15.0. The summed E-state index contributed by atoms with van der Waals surface area (Å²) in [6.45, 7) is 3.57. The maximum absolute atomic E-state index is 10.0. The van der Waals surface area contributed by atoms with Crippen LogP contribution in [0, 0.1) is 6.92 Å². The van der Waals surface area contributed by atoms with Gasteiger partial charge in [0.2, 0.25) is 0 Å². The number of aryl methyl sites for hydroxylation is 1. The van der Waals surface area contributed by atoms with E-state index in [1.807, 2.05) is 19.1 Å². The number of aromatic nitrogens is 1. The van der Waals surface area contributed by atoms with Crippen LogP contribution in [0.4, 0.5) is 5.69 Å². The van der Waals surface area contributed by atoms with Crippen LogP contribution in [0.5, 0.6) is 5.75 Å². The number of nitrogens with zero attached hydrogens (tertiary/aromatic N) is 1. The van der Waals surface area contributed by atoms with Gasteiger partial charge >= 0.3 is 0 Å². The zero-order valence-electron chi connectivity index (χ0n) is 13.5. The highest BCUT2D eigenvalue weighted by atomic mass is 32.1. The third kappa shape index (κ3) is 2.61. The summed E-state index contributed by atoms with van der Waals surface area (Å²) < 4.78 is 0. The van der Waals surface area contributed by atoms with Crippen molar-refractivity contribution >= 4 is 33.9 Å². The number of aromatic amines is 1. The molecule has 0 radical (unpaired) electrons. The zero-order valence-corrected chi connectivity index (χ0v) is 14.3. The Morgan fingerprint density at radius 1 is 1.25 bits per heavy atom. The van der Waals surface area contributed by atoms with Gasteiger partial charge in [0.1, 0.15) is 5.75 Å². The zero-order chi connectivity index (χ0) is 16.7. The fourth-order valence-electron chi connectivity index (χ4n) is 3.31. The Kier molecular flexibility index (Phi) is 3.65. The summed E-state index contributed by atoms with van der Waals surface area (Å²) in [4.78, 5) is 5.64. The lowest BCUT2D eigenvalue weighted by Gasteiger charge is -2.29. The summed E-state index contributed by atoms with van der Waals surface area (Å²) in [5.74, 6) is 0.223. The topological polar surface area (TPSA) is 51.3 Å². The molecule has 1 aromatic heterocycles. The summed E-state index contributed by atoms with van der Waals surface area (Å²) in [6, 6.07) is 14.0. The van der Waals surface area contributed by atoms with Crippen molar-refractivity contribution in [3.63, 3.8) is 0 Å². The number of phenols is 1. The molecule has 0 fully saturated rings. The number of benzene rings is 2. The normalized spacial score (nSPS) is 13.8. The second-order valence-electron chi connectivity index (χ2n) is 6.25. The van der Waals surface area contributed by atoms with Crippen LogP contribution in [0.25, 0.3) is 10.9 Å². The van der Waals surface area contributed by atoms with Crippen molar-refractivity contribution in [2.75, 3.05) is 11.9 Å². The molecule has 0 spiro atoms. The molecule has 0 bridgehead atoms. The molecule has 2 aromatic carbocycles. The molecule has 1 aliphatic heterocycles. The molecule has 0 amide bonds. The first-order valence-corrected chi connectivity index (χ1v) is 8.46. The van der Waals surface area contributed by atoms with Crippen LogP contribution in [0.2, 0.25) is 0 Å². The number of thiocarbonyl (C=S) groups is 1. The van der Waals surface area contributed by atoms with Crippen molar-refractivity contribution in [2.45, 2.75) is 19.9 Å². The molecule has 122 valence electrons. The molecule has 0 unspecified atom stereocenters. The quantitative estimate of drug-likeness (QED) is 0.465. The number of hydrogen-bond donors (Lipinski definition) is 3. The molecule has 5 heteroatoms. The minimum absolute atomic E-state index is 0.223. The Hall–Kier alpha value is -2.53. The molecule has 1 aliphatic rings. The van der Waals surface area contributed by atoms with Gasteiger partial charge in [-0.1, -0.05) is 24.3 Å². The highest BCUT2D eigenvalue weighted by Crippen LogP contribution is 2.29. The largest absolute Gasteiger partial charge is 0.506 e. The van der Waals surface area contributed by atoms with E-state index in [-0.39, 0.29) is 5.75 Å². The molecular formula is C19H19N3OS. The molecule has 4 rings (SSSR count). The van der Waals surface area contributed by atoms with Crippen molar-refractivity contribution in [3.8, 4) is 5.75 Å². The van der Waals surface area contributed by atoms with E-state index in [2.05, 4.69) is 39.5 Å². The van der Waals surface area contributed by atoms with E-state index in [9.17, 15) is 5.11 Å². The van der Waals surface area contributed by atoms with Crippen LogP contribution in [0.1, 0.15) is 16.8 Å². The Morgan fingerprint density at radius 2 is 2.08 bits per heavy atom. The SMILES string of the molecule is Cc1ccc(NC(=S)N2CCc3c([nH]c4ccccc34)C2)c(O)c1. The second-order valence-corrected chi connectivity index (χ2v) is 6.64. The molecule has 0 saturated carbocycles. The van der Waals surface area contributed by atoms with E-state index >= 15 is 0 Å². The molecule has 0 atom stereocenters. The van der Waals surface area contributed by atoms with Crippen molar-refractivity contribution < 1.29 is 5.11 Å². The lowest BCUT2D eigenvalue weighted by atomic mass is 10.0. The maximum atomic E-state index is 10.0. The minimum atomic E-state index is 0.223. The Labute approximate surface area is 146 Å². The van der Waals surface area contributed by atoms with Crippen molar-refractivity contribution in [1.82, 2.24) is 9.88 Å². The van der Waals surface area contributed by atoms with Crippen LogP contribution in [0.3, 0.4) is 0 Å². The summed E-state index contributed by atoms with van der Waals surface area (Å²) >= 11 is 5.55. The molecule has 2 heterocycles.